The van der Waals surface area contributed by atoms with E-state index in [1.54, 1.807) is 6.07 Å². The van der Waals surface area contributed by atoms with Crippen LogP contribution in [0.15, 0.2) is 12.1 Å². The molecule has 0 fully saturated rings. The number of anilines is 2. The van der Waals surface area contributed by atoms with Gasteiger partial charge < -0.3 is 10.6 Å². The largest absolute Gasteiger partial charge is 0.382 e. The molecule has 0 radical (unpaired) electrons. The summed E-state index contributed by atoms with van der Waals surface area (Å²) < 4.78 is 0. The quantitative estimate of drug-likeness (QED) is 0.821. The van der Waals surface area contributed by atoms with Crippen molar-refractivity contribution in [3.8, 4) is 0 Å². The molecule has 0 saturated heterocycles. The van der Waals surface area contributed by atoms with E-state index in [0.29, 0.717) is 17.8 Å². The first-order valence-electron chi connectivity index (χ1n) is 5.36. The second-order valence-corrected chi connectivity index (χ2v) is 4.46. The van der Waals surface area contributed by atoms with Crippen LogP contribution < -0.4 is 10.6 Å². The van der Waals surface area contributed by atoms with E-state index in [-0.39, 0.29) is 0 Å². The molecule has 0 saturated carbocycles. The topological polar surface area (TPSA) is 55.0 Å². The van der Waals surface area contributed by atoms with Crippen molar-refractivity contribution in [3.05, 3.63) is 12.1 Å². The van der Waals surface area contributed by atoms with Gasteiger partial charge in [-0.05, 0) is 31.9 Å². The third kappa shape index (κ3) is 3.38. The van der Waals surface area contributed by atoms with Crippen LogP contribution in [-0.4, -0.2) is 22.8 Å². The summed E-state index contributed by atoms with van der Waals surface area (Å²) >= 11 is 0. The van der Waals surface area contributed by atoms with Crippen LogP contribution in [0.25, 0.3) is 0 Å². The molecular weight excluding hydrogens is 188 g/mol. The van der Waals surface area contributed by atoms with E-state index in [1.165, 1.54) is 0 Å². The van der Waals surface area contributed by atoms with Gasteiger partial charge in [0.15, 0.2) is 5.82 Å². The van der Waals surface area contributed by atoms with Crippen molar-refractivity contribution in [2.24, 2.45) is 5.92 Å². The van der Waals surface area contributed by atoms with Crippen LogP contribution in [0.2, 0.25) is 0 Å². The van der Waals surface area contributed by atoms with Gasteiger partial charge in [-0.15, -0.1) is 10.2 Å². The molecule has 0 atom stereocenters. The molecule has 1 aromatic rings. The van der Waals surface area contributed by atoms with E-state index < -0.39 is 0 Å². The summed E-state index contributed by atoms with van der Waals surface area (Å²) in [5, 5.41) is 7.98. The van der Waals surface area contributed by atoms with Crippen molar-refractivity contribution in [3.63, 3.8) is 0 Å². The molecule has 1 heterocycles. The smallest absolute Gasteiger partial charge is 0.151 e. The molecule has 1 rings (SSSR count). The van der Waals surface area contributed by atoms with Crippen molar-refractivity contribution >= 4 is 11.6 Å². The van der Waals surface area contributed by atoms with Crippen LogP contribution in [-0.2, 0) is 0 Å². The first-order valence-corrected chi connectivity index (χ1v) is 5.36. The molecule has 4 nitrogen and oxygen atoms in total. The predicted molar refractivity (Wildman–Crippen MR) is 63.8 cm³/mol. The molecule has 0 aromatic carbocycles. The number of nitrogens with two attached hydrogens (primary N) is 1. The Kier molecular flexibility index (Phi) is 3.88. The van der Waals surface area contributed by atoms with Crippen molar-refractivity contribution in [1.82, 2.24) is 10.2 Å². The molecule has 84 valence electrons. The number of rotatable bonds is 4. The highest BCUT2D eigenvalue weighted by Gasteiger charge is 2.13. The van der Waals surface area contributed by atoms with Crippen LogP contribution >= 0.6 is 0 Å². The molecule has 0 aliphatic carbocycles. The van der Waals surface area contributed by atoms with Crippen molar-refractivity contribution in [2.75, 3.05) is 17.2 Å². The van der Waals surface area contributed by atoms with Crippen molar-refractivity contribution < 1.29 is 0 Å². The maximum atomic E-state index is 5.51. The minimum Gasteiger partial charge on any atom is -0.382 e. The molecule has 0 unspecified atom stereocenters. The fourth-order valence-electron chi connectivity index (χ4n) is 1.45. The van der Waals surface area contributed by atoms with Gasteiger partial charge in [-0.2, -0.15) is 0 Å². The Morgan fingerprint density at radius 1 is 1.20 bits per heavy atom. The molecule has 0 aliphatic rings. The average molecular weight is 208 g/mol. The highest BCUT2D eigenvalue weighted by atomic mass is 15.3. The van der Waals surface area contributed by atoms with Gasteiger partial charge in [-0.3, -0.25) is 0 Å². The highest BCUT2D eigenvalue weighted by molar-refractivity contribution is 5.42. The van der Waals surface area contributed by atoms with Gasteiger partial charge in [0.2, 0.25) is 0 Å². The second-order valence-electron chi connectivity index (χ2n) is 4.46. The van der Waals surface area contributed by atoms with Crippen LogP contribution in [0, 0.1) is 5.92 Å². The van der Waals surface area contributed by atoms with Gasteiger partial charge in [-0.1, -0.05) is 13.8 Å². The molecule has 0 bridgehead atoms. The number of nitrogens with zero attached hydrogens (tertiary/aromatic N) is 3. The summed E-state index contributed by atoms with van der Waals surface area (Å²) in [6, 6.07) is 4.13. The van der Waals surface area contributed by atoms with Crippen LogP contribution in [0.3, 0.4) is 0 Å². The zero-order chi connectivity index (χ0) is 11.4. The Morgan fingerprint density at radius 3 is 2.27 bits per heavy atom. The zero-order valence-corrected chi connectivity index (χ0v) is 9.94. The minimum atomic E-state index is 0.422. The normalized spacial score (nSPS) is 11.1. The van der Waals surface area contributed by atoms with Crippen LogP contribution in [0.5, 0.6) is 0 Å². The summed E-state index contributed by atoms with van der Waals surface area (Å²) in [5.74, 6) is 1.96. The maximum absolute atomic E-state index is 5.51. The van der Waals surface area contributed by atoms with Gasteiger partial charge in [0.25, 0.3) is 0 Å². The molecule has 0 spiro atoms. The van der Waals surface area contributed by atoms with E-state index in [9.17, 15) is 0 Å². The number of hydrogen-bond donors (Lipinski definition) is 1. The van der Waals surface area contributed by atoms with Gasteiger partial charge >= 0.3 is 0 Å². The van der Waals surface area contributed by atoms with Gasteiger partial charge in [0, 0.05) is 12.6 Å². The highest BCUT2D eigenvalue weighted by Crippen LogP contribution is 2.15. The van der Waals surface area contributed by atoms with E-state index >= 15 is 0 Å². The summed E-state index contributed by atoms with van der Waals surface area (Å²) in [5.41, 5.74) is 5.51. The lowest BCUT2D eigenvalue weighted by molar-refractivity contribution is 0.564. The number of hydrogen-bond acceptors (Lipinski definition) is 4. The maximum Gasteiger partial charge on any atom is 0.151 e. The minimum absolute atomic E-state index is 0.422. The Morgan fingerprint density at radius 2 is 1.87 bits per heavy atom. The molecular formula is C11H20N4. The summed E-state index contributed by atoms with van der Waals surface area (Å²) in [7, 11) is 0. The van der Waals surface area contributed by atoms with E-state index in [1.807, 2.05) is 6.07 Å². The van der Waals surface area contributed by atoms with E-state index in [0.717, 1.165) is 12.4 Å². The third-order valence-corrected chi connectivity index (χ3v) is 2.15. The fourth-order valence-corrected chi connectivity index (χ4v) is 1.45. The first-order chi connectivity index (χ1) is 7.00. The standard InChI is InChI=1S/C11H20N4/c1-8(2)7-15(9(3)4)11-6-5-10(12)13-14-11/h5-6,8-9H,7H2,1-4H3,(H2,12,13). The van der Waals surface area contributed by atoms with E-state index in [2.05, 4.69) is 42.8 Å². The summed E-state index contributed by atoms with van der Waals surface area (Å²) in [4.78, 5) is 2.23. The lowest BCUT2D eigenvalue weighted by atomic mass is 10.2. The third-order valence-electron chi connectivity index (χ3n) is 2.15. The summed E-state index contributed by atoms with van der Waals surface area (Å²) in [6.45, 7) is 9.68. The first kappa shape index (κ1) is 11.8. The monoisotopic (exact) mass is 208 g/mol. The molecule has 1 aromatic heterocycles. The summed E-state index contributed by atoms with van der Waals surface area (Å²) in [6.07, 6.45) is 0. The van der Waals surface area contributed by atoms with Crippen molar-refractivity contribution in [1.29, 1.82) is 0 Å². The lowest BCUT2D eigenvalue weighted by Crippen LogP contribution is -2.34. The average Bonchev–Trinajstić information content (AvgIpc) is 2.15. The van der Waals surface area contributed by atoms with Gasteiger partial charge in [0.05, 0.1) is 0 Å². The Balaban J connectivity index is 2.84. The fraction of sp³-hybridized carbons (Fsp3) is 0.636. The molecule has 15 heavy (non-hydrogen) atoms. The molecule has 0 amide bonds. The number of aromatic nitrogens is 2. The molecule has 4 heteroatoms. The van der Waals surface area contributed by atoms with Gasteiger partial charge in [0.1, 0.15) is 5.82 Å². The predicted octanol–water partition coefficient (Wildman–Crippen LogP) is 1.93. The van der Waals surface area contributed by atoms with Crippen molar-refractivity contribution in [2.45, 2.75) is 33.7 Å². The lowest BCUT2D eigenvalue weighted by Gasteiger charge is -2.29. The number of nitrogen functional groups attached to an aromatic ring is 1. The van der Waals surface area contributed by atoms with Crippen LogP contribution in [0.1, 0.15) is 27.7 Å². The molecule has 0 aliphatic heterocycles. The van der Waals surface area contributed by atoms with Crippen LogP contribution in [0.4, 0.5) is 11.6 Å². The SMILES string of the molecule is CC(C)CN(c1ccc(N)nn1)C(C)C. The Hall–Kier alpha value is -1.32. The second kappa shape index (κ2) is 4.96. The Labute approximate surface area is 91.5 Å². The molecule has 2 N–H and O–H groups in total. The van der Waals surface area contributed by atoms with E-state index in [4.69, 9.17) is 5.73 Å². The Bertz CT molecular complexity index is 292. The zero-order valence-electron chi connectivity index (χ0n) is 9.94. The van der Waals surface area contributed by atoms with Gasteiger partial charge in [-0.25, -0.2) is 0 Å².